The van der Waals surface area contributed by atoms with Crippen molar-refractivity contribution in [1.82, 2.24) is 0 Å². The summed E-state index contributed by atoms with van der Waals surface area (Å²) in [5.41, 5.74) is 6.09. The topological polar surface area (TPSA) is 50.7 Å². The molecule has 1 aromatic heterocycles. The van der Waals surface area contributed by atoms with E-state index in [9.17, 15) is 4.79 Å². The number of halogens is 1. The van der Waals surface area contributed by atoms with Crippen LogP contribution in [0.5, 0.6) is 5.75 Å². The molecule has 1 aliphatic rings. The number of carbonyl (C=O) groups is 1. The lowest BCUT2D eigenvalue weighted by Gasteiger charge is -2.33. The number of thiophene rings is 1. The molecule has 1 heterocycles. The highest BCUT2D eigenvalue weighted by molar-refractivity contribution is 7.16. The van der Waals surface area contributed by atoms with Crippen molar-refractivity contribution in [2.45, 2.75) is 53.6 Å². The van der Waals surface area contributed by atoms with E-state index in [1.165, 1.54) is 10.4 Å². The van der Waals surface area contributed by atoms with Gasteiger partial charge in [0.05, 0.1) is 5.56 Å². The molecule has 0 aliphatic heterocycles. The van der Waals surface area contributed by atoms with E-state index < -0.39 is 0 Å². The van der Waals surface area contributed by atoms with Crippen molar-refractivity contribution >= 4 is 45.7 Å². The van der Waals surface area contributed by atoms with Crippen molar-refractivity contribution in [2.24, 2.45) is 16.3 Å². The zero-order valence-corrected chi connectivity index (χ0v) is 25.0. The maximum atomic E-state index is 13.6. The van der Waals surface area contributed by atoms with E-state index in [-0.39, 0.29) is 11.3 Å². The summed E-state index contributed by atoms with van der Waals surface area (Å²) in [4.78, 5) is 19.7. The molecule has 1 N–H and O–H groups in total. The van der Waals surface area contributed by atoms with Gasteiger partial charge in [0.25, 0.3) is 5.91 Å². The normalized spacial score (nSPS) is 15.2. The minimum atomic E-state index is -0.124. The average molecular weight is 571 g/mol. The molecule has 1 amide bonds. The zero-order valence-electron chi connectivity index (χ0n) is 23.5. The van der Waals surface area contributed by atoms with Crippen molar-refractivity contribution in [2.75, 3.05) is 5.32 Å². The number of benzene rings is 3. The number of hydrogen-bond donors (Lipinski definition) is 1. The van der Waals surface area contributed by atoms with Crippen LogP contribution in [0.15, 0.2) is 77.8 Å². The van der Waals surface area contributed by atoms with Gasteiger partial charge in [0.1, 0.15) is 17.4 Å². The first-order valence-electron chi connectivity index (χ1n) is 13.7. The van der Waals surface area contributed by atoms with E-state index >= 15 is 0 Å². The average Bonchev–Trinajstić information content (AvgIpc) is 3.31. The van der Waals surface area contributed by atoms with E-state index in [0.717, 1.165) is 46.7 Å². The molecule has 5 rings (SSSR count). The molecule has 0 unspecified atom stereocenters. The number of carbonyl (C=O) groups excluding carboxylic acids is 1. The van der Waals surface area contributed by atoms with Gasteiger partial charge in [-0.2, -0.15) is 0 Å². The molecule has 1 atom stereocenters. The van der Waals surface area contributed by atoms with Crippen molar-refractivity contribution in [3.8, 4) is 5.75 Å². The molecule has 0 bridgehead atoms. The fraction of sp³-hybridized carbons (Fsp3) is 0.294. The lowest BCUT2D eigenvalue weighted by Crippen LogP contribution is -2.27. The molecule has 0 radical (unpaired) electrons. The van der Waals surface area contributed by atoms with Crippen LogP contribution >= 0.6 is 22.9 Å². The number of aryl methyl sites for hydroxylation is 1. The second-order valence-electron chi connectivity index (χ2n) is 11.6. The summed E-state index contributed by atoms with van der Waals surface area (Å²) in [5, 5.41) is 4.45. The second-order valence-corrected chi connectivity index (χ2v) is 13.1. The van der Waals surface area contributed by atoms with Crippen LogP contribution in [0.3, 0.4) is 0 Å². The Morgan fingerprint density at radius 2 is 1.75 bits per heavy atom. The van der Waals surface area contributed by atoms with Crippen LogP contribution < -0.4 is 10.1 Å². The van der Waals surface area contributed by atoms with Gasteiger partial charge < -0.3 is 10.1 Å². The number of rotatable bonds is 7. The Morgan fingerprint density at radius 3 is 2.42 bits per heavy atom. The maximum absolute atomic E-state index is 13.6. The van der Waals surface area contributed by atoms with Crippen LogP contribution in [0.1, 0.15) is 64.7 Å². The third kappa shape index (κ3) is 6.83. The third-order valence-electron chi connectivity index (χ3n) is 7.54. The SMILES string of the molecule is Cc1ccc(COc2ccc(C=Nc3sc4c(c3C(=O)Nc3ccc(Cl)cc3)CC[C@H](C(C)(C)C)C4)cc2)cc1. The number of nitrogens with one attached hydrogen (secondary N) is 1. The monoisotopic (exact) mass is 570 g/mol. The summed E-state index contributed by atoms with van der Waals surface area (Å²) in [7, 11) is 0. The van der Waals surface area contributed by atoms with E-state index in [2.05, 4.69) is 57.3 Å². The van der Waals surface area contributed by atoms with Gasteiger partial charge >= 0.3 is 0 Å². The van der Waals surface area contributed by atoms with Crippen molar-refractivity contribution in [3.05, 3.63) is 111 Å². The number of nitrogens with zero attached hydrogens (tertiary/aromatic N) is 1. The van der Waals surface area contributed by atoms with Crippen molar-refractivity contribution < 1.29 is 9.53 Å². The van der Waals surface area contributed by atoms with Crippen LogP contribution in [0.4, 0.5) is 10.7 Å². The predicted octanol–water partition coefficient (Wildman–Crippen LogP) is 9.44. The lowest BCUT2D eigenvalue weighted by molar-refractivity contribution is 0.102. The first-order chi connectivity index (χ1) is 19.2. The second kappa shape index (κ2) is 12.0. The highest BCUT2D eigenvalue weighted by Crippen LogP contribution is 2.45. The molecule has 6 heteroatoms. The molecule has 0 fully saturated rings. The molecule has 0 saturated carbocycles. The third-order valence-corrected chi connectivity index (χ3v) is 8.95. The van der Waals surface area contributed by atoms with Gasteiger partial charge in [0, 0.05) is 21.8 Å². The van der Waals surface area contributed by atoms with Crippen molar-refractivity contribution in [3.63, 3.8) is 0 Å². The summed E-state index contributed by atoms with van der Waals surface area (Å²) < 4.78 is 5.95. The van der Waals surface area contributed by atoms with Crippen LogP contribution in [-0.4, -0.2) is 12.1 Å². The van der Waals surface area contributed by atoms with Crippen LogP contribution in [-0.2, 0) is 19.4 Å². The summed E-state index contributed by atoms with van der Waals surface area (Å²) in [5.74, 6) is 1.26. The molecule has 0 saturated heterocycles. The largest absolute Gasteiger partial charge is 0.489 e. The Bertz CT molecular complexity index is 1500. The van der Waals surface area contributed by atoms with E-state index in [0.29, 0.717) is 28.8 Å². The fourth-order valence-electron chi connectivity index (χ4n) is 5.00. The highest BCUT2D eigenvalue weighted by Gasteiger charge is 2.33. The van der Waals surface area contributed by atoms with Gasteiger partial charge in [-0.3, -0.25) is 4.79 Å². The quantitative estimate of drug-likeness (QED) is 0.225. The molecule has 4 nitrogen and oxygen atoms in total. The van der Waals surface area contributed by atoms with E-state index in [4.69, 9.17) is 21.3 Å². The number of fused-ring (bicyclic) bond motifs is 1. The first kappa shape index (κ1) is 28.1. The summed E-state index contributed by atoms with van der Waals surface area (Å²) in [6, 6.07) is 23.4. The smallest absolute Gasteiger partial charge is 0.259 e. The standard InChI is InChI=1S/C34H35ClN2O2S/c1-22-5-7-24(8-6-22)21-39-28-16-9-23(10-17-28)20-36-33-31(32(38)37-27-14-12-26(35)13-15-27)29-18-11-25(34(2,3)4)19-30(29)40-33/h5-10,12-17,20,25H,11,18-19,21H2,1-4H3,(H,37,38)/t25-/m0/s1. The zero-order chi connectivity index (χ0) is 28.3. The number of anilines is 1. The van der Waals surface area contributed by atoms with Crippen molar-refractivity contribution in [1.29, 1.82) is 0 Å². The maximum Gasteiger partial charge on any atom is 0.259 e. The molecule has 40 heavy (non-hydrogen) atoms. The van der Waals surface area contributed by atoms with Gasteiger partial charge in [-0.1, -0.05) is 62.2 Å². The van der Waals surface area contributed by atoms with Gasteiger partial charge in [-0.05, 0) is 103 Å². The number of hydrogen-bond acceptors (Lipinski definition) is 4. The van der Waals surface area contributed by atoms with E-state index in [1.807, 2.05) is 42.6 Å². The Labute approximate surface area is 246 Å². The molecule has 3 aromatic carbocycles. The fourth-order valence-corrected chi connectivity index (χ4v) is 6.39. The van der Waals surface area contributed by atoms with E-state index in [1.54, 1.807) is 23.5 Å². The first-order valence-corrected chi connectivity index (χ1v) is 14.9. The molecular weight excluding hydrogens is 536 g/mol. The minimum Gasteiger partial charge on any atom is -0.489 e. The molecule has 4 aromatic rings. The van der Waals surface area contributed by atoms with Gasteiger partial charge in [0.15, 0.2) is 0 Å². The number of amides is 1. The Kier molecular flexibility index (Phi) is 8.43. The van der Waals surface area contributed by atoms with Crippen LogP contribution in [0.25, 0.3) is 0 Å². The highest BCUT2D eigenvalue weighted by atomic mass is 35.5. The number of ether oxygens (including phenoxy) is 1. The van der Waals surface area contributed by atoms with Gasteiger partial charge in [-0.25, -0.2) is 4.99 Å². The van der Waals surface area contributed by atoms with Crippen LogP contribution in [0, 0.1) is 18.3 Å². The lowest BCUT2D eigenvalue weighted by atomic mass is 9.72. The molecule has 1 aliphatic carbocycles. The molecule has 206 valence electrons. The number of aliphatic imine (C=N–C) groups is 1. The minimum absolute atomic E-state index is 0.124. The molecular formula is C34H35ClN2O2S. The summed E-state index contributed by atoms with van der Waals surface area (Å²) in [6.07, 6.45) is 4.77. The molecule has 0 spiro atoms. The summed E-state index contributed by atoms with van der Waals surface area (Å²) >= 11 is 7.69. The van der Waals surface area contributed by atoms with Gasteiger partial charge in [-0.15, -0.1) is 11.3 Å². The van der Waals surface area contributed by atoms with Crippen LogP contribution in [0.2, 0.25) is 5.02 Å². The Morgan fingerprint density at radius 1 is 1.05 bits per heavy atom. The Hall–Kier alpha value is -3.41. The van der Waals surface area contributed by atoms with Gasteiger partial charge in [0.2, 0.25) is 0 Å². The summed E-state index contributed by atoms with van der Waals surface area (Å²) in [6.45, 7) is 9.51. The Balaban J connectivity index is 1.36. The predicted molar refractivity (Wildman–Crippen MR) is 168 cm³/mol.